The number of piperidine rings is 1. The first kappa shape index (κ1) is 36.8. The van der Waals surface area contributed by atoms with Gasteiger partial charge in [-0.05, 0) is 127 Å². The SMILES string of the molecule is CC(CSc1ccccc1)Nc1ccc(SNC(=O)c2ccc(N3CCC(Cc4ccccc4-c4ccc(C(F)(F)F)cc4)CC3)cc2)cc1S. The van der Waals surface area contributed by atoms with Gasteiger partial charge in [0.15, 0.2) is 0 Å². The monoisotopic (exact) mass is 743 g/mol. The maximum Gasteiger partial charge on any atom is 0.416 e. The Hall–Kier alpha value is -3.99. The summed E-state index contributed by atoms with van der Waals surface area (Å²) >= 11 is 7.77. The summed E-state index contributed by atoms with van der Waals surface area (Å²) in [7, 11) is 0. The van der Waals surface area contributed by atoms with E-state index in [1.54, 1.807) is 12.1 Å². The van der Waals surface area contributed by atoms with E-state index in [4.69, 9.17) is 0 Å². The molecule has 5 aromatic carbocycles. The minimum atomic E-state index is -4.34. The Morgan fingerprint density at radius 3 is 2.24 bits per heavy atom. The predicted molar refractivity (Wildman–Crippen MR) is 209 cm³/mol. The number of rotatable bonds is 12. The number of halogens is 3. The number of thioether (sulfide) groups is 1. The topological polar surface area (TPSA) is 44.4 Å². The smallest absolute Gasteiger partial charge is 0.381 e. The van der Waals surface area contributed by atoms with E-state index >= 15 is 0 Å². The molecule has 1 fully saturated rings. The van der Waals surface area contributed by atoms with Crippen molar-refractivity contribution in [2.45, 2.75) is 53.1 Å². The van der Waals surface area contributed by atoms with E-state index in [1.165, 1.54) is 16.8 Å². The molecule has 4 nitrogen and oxygen atoms in total. The molecule has 0 bridgehead atoms. The maximum atomic E-state index is 13.1. The van der Waals surface area contributed by atoms with Crippen LogP contribution in [0.15, 0.2) is 136 Å². The van der Waals surface area contributed by atoms with E-state index in [1.807, 2.05) is 90.6 Å². The van der Waals surface area contributed by atoms with Crippen molar-refractivity contribution < 1.29 is 18.0 Å². The third kappa shape index (κ3) is 10.1. The highest BCUT2D eigenvalue weighted by Gasteiger charge is 2.30. The fourth-order valence-electron chi connectivity index (χ4n) is 6.25. The van der Waals surface area contributed by atoms with Crippen molar-refractivity contribution >= 4 is 53.6 Å². The van der Waals surface area contributed by atoms with Crippen LogP contribution in [-0.4, -0.2) is 30.8 Å². The van der Waals surface area contributed by atoms with E-state index < -0.39 is 11.7 Å². The predicted octanol–water partition coefficient (Wildman–Crippen LogP) is 11.1. The number of hydrogen-bond donors (Lipinski definition) is 3. The summed E-state index contributed by atoms with van der Waals surface area (Å²) in [5.41, 5.74) is 4.94. The Morgan fingerprint density at radius 1 is 0.863 bits per heavy atom. The van der Waals surface area contributed by atoms with Gasteiger partial charge in [-0.1, -0.05) is 54.6 Å². The van der Waals surface area contributed by atoms with E-state index in [-0.39, 0.29) is 11.9 Å². The zero-order valence-electron chi connectivity index (χ0n) is 28.2. The molecule has 10 heteroatoms. The molecular weight excluding hydrogens is 704 g/mol. The third-order valence-corrected chi connectivity index (χ3v) is 11.5. The van der Waals surface area contributed by atoms with Gasteiger partial charge in [0.25, 0.3) is 5.91 Å². The zero-order valence-corrected chi connectivity index (χ0v) is 30.7. The summed E-state index contributed by atoms with van der Waals surface area (Å²) in [5, 5.41) is 3.53. The standard InChI is InChI=1S/C41H40F3N3OS3/c1-28(27-50-35-8-3-2-4-9-35)45-38-20-19-36(26-39(38)49)51-46-40(48)31-13-17-34(18-14-31)47-23-21-29(22-24-47)25-32-7-5-6-10-37(32)30-11-15-33(16-12-30)41(42,43)44/h2-20,26,28-29,45,49H,21-25,27H2,1H3,(H,46,48). The van der Waals surface area contributed by atoms with E-state index in [0.717, 1.165) is 88.1 Å². The maximum absolute atomic E-state index is 13.1. The van der Waals surface area contributed by atoms with Crippen LogP contribution < -0.4 is 14.9 Å². The van der Waals surface area contributed by atoms with Gasteiger partial charge in [-0.2, -0.15) is 13.2 Å². The molecule has 6 rings (SSSR count). The number of nitrogens with one attached hydrogen (secondary N) is 2. The molecule has 51 heavy (non-hydrogen) atoms. The Labute approximate surface area is 312 Å². The molecule has 1 saturated heterocycles. The Kier molecular flexibility index (Phi) is 12.3. The van der Waals surface area contributed by atoms with Crippen LogP contribution in [0.4, 0.5) is 24.5 Å². The largest absolute Gasteiger partial charge is 0.416 e. The number of carbonyl (C=O) groups excluding carboxylic acids is 1. The second kappa shape index (κ2) is 17.0. The van der Waals surface area contributed by atoms with Gasteiger partial charge in [-0.3, -0.25) is 9.52 Å². The third-order valence-electron chi connectivity index (χ3n) is 9.03. The first-order valence-corrected chi connectivity index (χ1v) is 19.2. The lowest BCUT2D eigenvalue weighted by Crippen LogP contribution is -2.34. The molecule has 264 valence electrons. The summed E-state index contributed by atoms with van der Waals surface area (Å²) in [4.78, 5) is 18.3. The Balaban J connectivity index is 0.962. The molecule has 1 aliphatic heterocycles. The van der Waals surface area contributed by atoms with Crippen LogP contribution in [0.25, 0.3) is 11.1 Å². The molecule has 0 aromatic heterocycles. The molecule has 1 amide bonds. The minimum Gasteiger partial charge on any atom is -0.381 e. The van der Waals surface area contributed by atoms with Crippen molar-refractivity contribution in [1.82, 2.24) is 4.72 Å². The number of amides is 1. The number of anilines is 2. The van der Waals surface area contributed by atoms with Gasteiger partial charge >= 0.3 is 6.18 Å². The second-order valence-corrected chi connectivity index (χ2v) is 15.3. The molecule has 1 unspecified atom stereocenters. The molecule has 0 aliphatic carbocycles. The van der Waals surface area contributed by atoms with E-state index in [2.05, 4.69) is 52.7 Å². The molecule has 0 radical (unpaired) electrons. The molecule has 2 N–H and O–H groups in total. The van der Waals surface area contributed by atoms with Crippen molar-refractivity contribution in [2.24, 2.45) is 5.92 Å². The van der Waals surface area contributed by atoms with Crippen LogP contribution in [0, 0.1) is 5.92 Å². The van der Waals surface area contributed by atoms with Crippen LogP contribution in [0.2, 0.25) is 0 Å². The molecular formula is C41H40F3N3OS3. The lowest BCUT2D eigenvalue weighted by Gasteiger charge is -2.34. The summed E-state index contributed by atoms with van der Waals surface area (Å²) in [5.74, 6) is 1.24. The van der Waals surface area contributed by atoms with Gasteiger partial charge in [-0.25, -0.2) is 0 Å². The van der Waals surface area contributed by atoms with Crippen molar-refractivity contribution in [2.75, 3.05) is 29.1 Å². The first-order valence-electron chi connectivity index (χ1n) is 17.0. The number of carbonyl (C=O) groups is 1. The normalized spacial score (nSPS) is 14.3. The van der Waals surface area contributed by atoms with Crippen LogP contribution in [-0.2, 0) is 12.6 Å². The number of nitrogens with zero attached hydrogens (tertiary/aromatic N) is 1. The minimum absolute atomic E-state index is 0.161. The van der Waals surface area contributed by atoms with Crippen LogP contribution in [0.3, 0.4) is 0 Å². The van der Waals surface area contributed by atoms with Crippen molar-refractivity contribution in [1.29, 1.82) is 0 Å². The van der Waals surface area contributed by atoms with Gasteiger partial charge in [-0.15, -0.1) is 24.4 Å². The molecule has 5 aromatic rings. The second-order valence-electron chi connectivity index (χ2n) is 12.8. The molecule has 1 heterocycles. The zero-order chi connectivity index (χ0) is 35.8. The summed E-state index contributed by atoms with van der Waals surface area (Å²) in [6.45, 7) is 3.95. The molecule has 0 spiro atoms. The first-order chi connectivity index (χ1) is 24.6. The fourth-order valence-corrected chi connectivity index (χ4v) is 8.14. The van der Waals surface area contributed by atoms with Gasteiger partial charge in [0, 0.05) is 56.5 Å². The molecule has 1 atom stereocenters. The average Bonchev–Trinajstić information content (AvgIpc) is 3.15. The highest BCUT2D eigenvalue weighted by Crippen LogP contribution is 2.34. The average molecular weight is 744 g/mol. The van der Waals surface area contributed by atoms with Gasteiger partial charge < -0.3 is 10.2 Å². The van der Waals surface area contributed by atoms with Gasteiger partial charge in [0.2, 0.25) is 0 Å². The lowest BCUT2D eigenvalue weighted by molar-refractivity contribution is -0.137. The molecule has 0 saturated carbocycles. The summed E-state index contributed by atoms with van der Waals surface area (Å²) < 4.78 is 42.2. The highest BCUT2D eigenvalue weighted by molar-refractivity contribution is 7.99. The summed E-state index contributed by atoms with van der Waals surface area (Å²) in [6, 6.07) is 37.7. The fraction of sp³-hybridized carbons (Fsp3) is 0.244. The van der Waals surface area contributed by atoms with Crippen LogP contribution >= 0.6 is 36.3 Å². The van der Waals surface area contributed by atoms with E-state index in [0.29, 0.717) is 11.5 Å². The van der Waals surface area contributed by atoms with Crippen molar-refractivity contribution in [3.8, 4) is 11.1 Å². The quantitative estimate of drug-likeness (QED) is 0.0675. The number of alkyl halides is 3. The van der Waals surface area contributed by atoms with Gasteiger partial charge in [0.05, 0.1) is 5.56 Å². The lowest BCUT2D eigenvalue weighted by atomic mass is 9.86. The van der Waals surface area contributed by atoms with Crippen molar-refractivity contribution in [3.05, 3.63) is 138 Å². The number of thiol groups is 1. The van der Waals surface area contributed by atoms with Crippen molar-refractivity contribution in [3.63, 3.8) is 0 Å². The highest BCUT2D eigenvalue weighted by atomic mass is 32.2. The number of benzene rings is 5. The molecule has 1 aliphatic rings. The van der Waals surface area contributed by atoms with E-state index in [9.17, 15) is 18.0 Å². The number of hydrogen-bond acceptors (Lipinski definition) is 6. The Bertz CT molecular complexity index is 1900. The Morgan fingerprint density at radius 2 is 1.55 bits per heavy atom. The van der Waals surface area contributed by atoms with Crippen LogP contribution in [0.5, 0.6) is 0 Å². The van der Waals surface area contributed by atoms with Crippen LogP contribution in [0.1, 0.15) is 41.3 Å². The van der Waals surface area contributed by atoms with Gasteiger partial charge in [0.1, 0.15) is 0 Å². The summed E-state index contributed by atoms with van der Waals surface area (Å²) in [6.07, 6.45) is -1.45.